The largest absolute Gasteiger partial charge is 0.435 e. The molecule has 2 aromatic carbocycles. The van der Waals surface area contributed by atoms with Gasteiger partial charge in [0.2, 0.25) is 15.9 Å². The van der Waals surface area contributed by atoms with Gasteiger partial charge in [-0.15, -0.1) is 0 Å². The Morgan fingerprint density at radius 2 is 1.64 bits per heavy atom. The number of pyridine rings is 1. The summed E-state index contributed by atoms with van der Waals surface area (Å²) in [6.45, 7) is 2.10. The highest BCUT2D eigenvalue weighted by atomic mass is 35.5. The third kappa shape index (κ3) is 8.12. The zero-order valence-electron chi connectivity index (χ0n) is 35.4. The molecule has 67 heavy (non-hydrogen) atoms. The summed E-state index contributed by atoms with van der Waals surface area (Å²) in [5.74, 6) is -3.79. The number of sulfonamides is 1. The van der Waals surface area contributed by atoms with Gasteiger partial charge in [-0.05, 0) is 100 Å². The predicted molar refractivity (Wildman–Crippen MR) is 229 cm³/mol. The van der Waals surface area contributed by atoms with Crippen LogP contribution in [0.4, 0.5) is 36.6 Å². The van der Waals surface area contributed by atoms with Crippen LogP contribution in [0.25, 0.3) is 22.0 Å². The summed E-state index contributed by atoms with van der Waals surface area (Å²) >= 11 is 6.82. The van der Waals surface area contributed by atoms with Gasteiger partial charge >= 0.3 is 6.18 Å². The molecule has 0 spiro atoms. The second-order valence-electron chi connectivity index (χ2n) is 18.2. The van der Waals surface area contributed by atoms with Crippen LogP contribution in [0.1, 0.15) is 97.9 Å². The Balaban J connectivity index is 1.14. The molecular weight excluding hydrogens is 955 g/mol. The van der Waals surface area contributed by atoms with Crippen molar-refractivity contribution in [2.45, 2.75) is 104 Å². The number of rotatable bonds is 13. The third-order valence-corrected chi connectivity index (χ3v) is 17.9. The summed E-state index contributed by atoms with van der Waals surface area (Å²) in [6.07, 6.45) is -3.91. The van der Waals surface area contributed by atoms with Crippen LogP contribution < -0.4 is 10.0 Å². The van der Waals surface area contributed by atoms with Gasteiger partial charge in [-0.2, -0.15) is 32.1 Å². The molecule has 2 N–H and O–H groups in total. The number of aromatic nitrogens is 5. The van der Waals surface area contributed by atoms with Crippen molar-refractivity contribution >= 4 is 54.1 Å². The molecule has 1 amide bonds. The number of hydrogen-bond donors (Lipinski definition) is 2. The lowest BCUT2D eigenvalue weighted by Crippen LogP contribution is -2.35. The lowest BCUT2D eigenvalue weighted by Gasteiger charge is -2.28. The van der Waals surface area contributed by atoms with Crippen molar-refractivity contribution in [2.75, 3.05) is 17.9 Å². The van der Waals surface area contributed by atoms with Gasteiger partial charge in [0, 0.05) is 28.7 Å². The van der Waals surface area contributed by atoms with Gasteiger partial charge in [-0.25, -0.2) is 30.6 Å². The van der Waals surface area contributed by atoms with Gasteiger partial charge in [0.25, 0.3) is 5.92 Å². The van der Waals surface area contributed by atoms with E-state index in [1.54, 1.807) is 6.07 Å². The minimum atomic E-state index is -5.12. The highest BCUT2D eigenvalue weighted by molar-refractivity contribution is 7.94. The number of sulfone groups is 1. The topological polar surface area (TPSA) is 167 Å². The Morgan fingerprint density at radius 3 is 2.27 bits per heavy atom. The van der Waals surface area contributed by atoms with Crippen molar-refractivity contribution in [3.63, 3.8) is 0 Å². The number of alkyl halides is 5. The van der Waals surface area contributed by atoms with Crippen molar-refractivity contribution in [3.05, 3.63) is 93.0 Å². The number of ether oxygens (including phenoxy) is 1. The van der Waals surface area contributed by atoms with E-state index in [1.807, 2.05) is 0 Å². The molecule has 0 unspecified atom stereocenters. The first-order valence-electron chi connectivity index (χ1n) is 21.3. The zero-order chi connectivity index (χ0) is 47.7. The molecule has 5 aliphatic rings. The predicted octanol–water partition coefficient (Wildman–Crippen LogP) is 7.74. The van der Waals surface area contributed by atoms with E-state index in [9.17, 15) is 43.6 Å². The molecule has 1 saturated heterocycles. The fourth-order valence-corrected chi connectivity index (χ4v) is 12.4. The Bertz CT molecular complexity index is 3190. The molecule has 0 bridgehead atoms. The molecule has 4 aliphatic carbocycles. The Hall–Kier alpha value is -5.24. The van der Waals surface area contributed by atoms with E-state index in [-0.39, 0.29) is 69.5 Å². The van der Waals surface area contributed by atoms with Gasteiger partial charge in [-0.3, -0.25) is 18.9 Å². The average molecular weight is 994 g/mol. The highest BCUT2D eigenvalue weighted by Gasteiger charge is 2.68. The number of halogens is 8. The normalized spacial score (nSPS) is 20.7. The van der Waals surface area contributed by atoms with Crippen LogP contribution in [0.2, 0.25) is 5.02 Å². The van der Waals surface area contributed by atoms with Crippen LogP contribution >= 0.6 is 11.6 Å². The number of carbonyl (C=O) groups excluding carboxylic acids is 1. The van der Waals surface area contributed by atoms with E-state index in [0.717, 1.165) is 12.1 Å². The molecule has 4 fully saturated rings. The van der Waals surface area contributed by atoms with E-state index in [0.29, 0.717) is 36.4 Å². The summed E-state index contributed by atoms with van der Waals surface area (Å²) in [4.78, 5) is 19.0. The van der Waals surface area contributed by atoms with Crippen LogP contribution in [0.5, 0.6) is 0 Å². The maximum absolute atomic E-state index is 15.6. The maximum atomic E-state index is 15.6. The minimum absolute atomic E-state index is 0.0370. The van der Waals surface area contributed by atoms with Crippen LogP contribution in [-0.4, -0.2) is 75.7 Å². The molecule has 0 radical (unpaired) electrons. The van der Waals surface area contributed by atoms with Gasteiger partial charge in [0.15, 0.2) is 21.3 Å². The molecule has 5 aromatic rings. The number of hydrogen-bond acceptors (Lipinski definition) is 9. The molecule has 4 heterocycles. The minimum Gasteiger partial charge on any atom is -0.377 e. The maximum Gasteiger partial charge on any atom is 0.435 e. The third-order valence-electron chi connectivity index (χ3n) is 12.9. The summed E-state index contributed by atoms with van der Waals surface area (Å²) < 4.78 is 165. The molecular formula is C44H39ClF7N7O6S2. The van der Waals surface area contributed by atoms with Crippen LogP contribution in [-0.2, 0) is 54.5 Å². The van der Waals surface area contributed by atoms with Crippen LogP contribution in [0.3, 0.4) is 0 Å². The lowest BCUT2D eigenvalue weighted by atomic mass is 9.93. The van der Waals surface area contributed by atoms with Gasteiger partial charge in [0.05, 0.1) is 57.4 Å². The van der Waals surface area contributed by atoms with E-state index in [2.05, 4.69) is 32.1 Å². The zero-order valence-corrected chi connectivity index (χ0v) is 37.8. The number of nitrogens with zero attached hydrogens (tertiary/aromatic N) is 5. The molecule has 3 aromatic heterocycles. The monoisotopic (exact) mass is 993 g/mol. The summed E-state index contributed by atoms with van der Waals surface area (Å²) in [7, 11) is -7.62. The average Bonchev–Trinajstić information content (AvgIpc) is 4.10. The molecule has 3 atom stereocenters. The van der Waals surface area contributed by atoms with Crippen molar-refractivity contribution < 1.29 is 57.1 Å². The second-order valence-corrected chi connectivity index (χ2v) is 23.4. The molecule has 1 aliphatic heterocycles. The smallest absolute Gasteiger partial charge is 0.377 e. The van der Waals surface area contributed by atoms with E-state index < -0.39 is 119 Å². The van der Waals surface area contributed by atoms with Crippen molar-refractivity contribution in [1.82, 2.24) is 29.9 Å². The number of anilines is 1. The van der Waals surface area contributed by atoms with Crippen molar-refractivity contribution in [2.24, 2.45) is 5.92 Å². The number of amides is 1. The van der Waals surface area contributed by atoms with Gasteiger partial charge in [-0.1, -0.05) is 23.6 Å². The van der Waals surface area contributed by atoms with Gasteiger partial charge < -0.3 is 10.1 Å². The van der Waals surface area contributed by atoms with Crippen molar-refractivity contribution in [1.29, 1.82) is 0 Å². The van der Waals surface area contributed by atoms with E-state index >= 15 is 8.78 Å². The number of benzene rings is 2. The second kappa shape index (κ2) is 15.6. The first kappa shape index (κ1) is 45.5. The molecule has 10 rings (SSSR count). The Morgan fingerprint density at radius 1 is 0.970 bits per heavy atom. The molecule has 13 nitrogen and oxygen atoms in total. The first-order chi connectivity index (χ1) is 31.4. The SMILES string of the molecule is CC(C)(C#Cc1ccc(-c2ccc(Cl)c3c(NS(=O)(=O)C4CC4)nn(C4COC4)c23)c([C@H](Cc2cc(F)cc(F)c2)NC(=O)Cn2nc(C(F)(F)F)c3c2C(F)(F)[C@@H]2C[C@H]32)n1)S(=O)(=O)C1CC1. The van der Waals surface area contributed by atoms with Gasteiger partial charge in [0.1, 0.15) is 34.3 Å². The molecule has 23 heteroatoms. The summed E-state index contributed by atoms with van der Waals surface area (Å²) in [5, 5.41) is 9.84. The Labute approximate surface area is 383 Å². The fraction of sp³-hybridized carbons (Fsp3) is 0.455. The molecule has 354 valence electrons. The first-order valence-corrected chi connectivity index (χ1v) is 24.8. The van der Waals surface area contributed by atoms with Crippen LogP contribution in [0, 0.1) is 29.4 Å². The molecule has 3 saturated carbocycles. The standard InChI is InChI=1S/C44H39ClF7N7O6S2/c1-42(2,66(61,62)26-4-5-26)12-11-24-3-8-28(29-9-10-32(45)36-38(29)59(25-19-65-20-25)56-41(36)57-67(63,64)27-6-7-27)37(53-24)33(15-21-13-22(46)16-23(47)14-21)54-34(60)18-58-40-35(39(55-58)44(50,51)52)30-17-31(30)43(40,48)49/h3,8-10,13-14,16,25-27,30-31,33H,4-7,15,17-20H2,1-2H3,(H,54,60)(H,56,57)/t30-,31+,33-/m0/s1. The summed E-state index contributed by atoms with van der Waals surface area (Å²) in [6, 6.07) is 6.67. The number of carbonyl (C=O) groups is 1. The fourth-order valence-electron chi connectivity index (χ4n) is 9.02. The Kier molecular flexibility index (Phi) is 10.6. The van der Waals surface area contributed by atoms with E-state index in [1.165, 1.54) is 36.7 Å². The quantitative estimate of drug-likeness (QED) is 0.0887. The number of fused-ring (bicyclic) bond motifs is 4. The van der Waals surface area contributed by atoms with Crippen LogP contribution in [0.15, 0.2) is 42.5 Å². The number of nitrogens with one attached hydrogen (secondary N) is 2. The van der Waals surface area contributed by atoms with Crippen molar-refractivity contribution in [3.8, 4) is 23.0 Å². The lowest BCUT2D eigenvalue weighted by molar-refractivity contribution is -0.142. The summed E-state index contributed by atoms with van der Waals surface area (Å²) in [5.41, 5.74) is -2.61. The van der Waals surface area contributed by atoms with E-state index in [4.69, 9.17) is 21.3 Å². The highest BCUT2D eigenvalue weighted by Crippen LogP contribution is 2.68.